The van der Waals surface area contributed by atoms with E-state index in [-0.39, 0.29) is 5.41 Å². The van der Waals surface area contributed by atoms with Gasteiger partial charge in [-0.3, -0.25) is 4.79 Å². The molecule has 0 aromatic heterocycles. The zero-order valence-corrected chi connectivity index (χ0v) is 7.76. The number of nitrogens with one attached hydrogen (secondary N) is 1. The molecule has 2 atom stereocenters. The van der Waals surface area contributed by atoms with Crippen LogP contribution < -0.4 is 5.32 Å². The van der Waals surface area contributed by atoms with Crippen molar-refractivity contribution in [1.29, 1.82) is 0 Å². The third-order valence-corrected chi connectivity index (χ3v) is 3.39. The summed E-state index contributed by atoms with van der Waals surface area (Å²) >= 11 is 0. The van der Waals surface area contributed by atoms with Crippen molar-refractivity contribution in [2.75, 3.05) is 26.7 Å². The van der Waals surface area contributed by atoms with Crippen molar-refractivity contribution < 1.29 is 4.79 Å². The van der Waals surface area contributed by atoms with Crippen LogP contribution in [0.15, 0.2) is 0 Å². The number of nitrogens with zero attached hydrogens (tertiary/aromatic N) is 1. The standard InChI is InChI=1S/C9H16N2O/c1-9-6-10-4-3-7(9)5-11(2)8(9)12/h7,10H,3-6H2,1-2H3. The van der Waals surface area contributed by atoms with E-state index in [9.17, 15) is 4.79 Å². The molecule has 12 heavy (non-hydrogen) atoms. The highest BCUT2D eigenvalue weighted by Crippen LogP contribution is 2.39. The number of carbonyl (C=O) groups is 1. The lowest BCUT2D eigenvalue weighted by Crippen LogP contribution is -2.46. The molecule has 68 valence electrons. The smallest absolute Gasteiger partial charge is 0.229 e. The normalized spacial score (nSPS) is 41.7. The Balaban J connectivity index is 2.25. The van der Waals surface area contributed by atoms with Crippen LogP contribution in [0.25, 0.3) is 0 Å². The largest absolute Gasteiger partial charge is 0.345 e. The summed E-state index contributed by atoms with van der Waals surface area (Å²) in [6.07, 6.45) is 1.15. The van der Waals surface area contributed by atoms with E-state index >= 15 is 0 Å². The fourth-order valence-corrected chi connectivity index (χ4v) is 2.48. The molecule has 1 N–H and O–H groups in total. The van der Waals surface area contributed by atoms with E-state index < -0.39 is 0 Å². The molecular weight excluding hydrogens is 152 g/mol. The predicted molar refractivity (Wildman–Crippen MR) is 46.7 cm³/mol. The minimum absolute atomic E-state index is 0.104. The average Bonchev–Trinajstić information content (AvgIpc) is 2.28. The quantitative estimate of drug-likeness (QED) is 0.555. The molecular formula is C9H16N2O. The molecule has 2 aliphatic rings. The van der Waals surface area contributed by atoms with Crippen LogP contribution in [0.4, 0.5) is 0 Å². The molecule has 2 saturated heterocycles. The highest BCUT2D eigenvalue weighted by Gasteiger charge is 2.49. The van der Waals surface area contributed by atoms with Crippen molar-refractivity contribution in [3.8, 4) is 0 Å². The third-order valence-electron chi connectivity index (χ3n) is 3.39. The van der Waals surface area contributed by atoms with Crippen molar-refractivity contribution in [1.82, 2.24) is 10.2 Å². The SMILES string of the molecule is CN1CC2CCNCC2(C)C1=O. The van der Waals surface area contributed by atoms with Gasteiger partial charge in [0.15, 0.2) is 0 Å². The average molecular weight is 168 g/mol. The Hall–Kier alpha value is -0.570. The fourth-order valence-electron chi connectivity index (χ4n) is 2.48. The molecule has 0 bridgehead atoms. The van der Waals surface area contributed by atoms with Crippen molar-refractivity contribution in [2.24, 2.45) is 11.3 Å². The first kappa shape index (κ1) is 8.05. The monoisotopic (exact) mass is 168 g/mol. The number of piperidine rings is 1. The Kier molecular flexibility index (Phi) is 1.65. The lowest BCUT2D eigenvalue weighted by molar-refractivity contribution is -0.135. The van der Waals surface area contributed by atoms with Crippen LogP contribution in [0.2, 0.25) is 0 Å². The van der Waals surface area contributed by atoms with Gasteiger partial charge in [0.05, 0.1) is 5.41 Å². The summed E-state index contributed by atoms with van der Waals surface area (Å²) in [7, 11) is 1.91. The van der Waals surface area contributed by atoms with Crippen LogP contribution >= 0.6 is 0 Å². The Labute approximate surface area is 73.1 Å². The summed E-state index contributed by atoms with van der Waals surface area (Å²) < 4.78 is 0. The van der Waals surface area contributed by atoms with Gasteiger partial charge in [-0.15, -0.1) is 0 Å². The molecule has 0 radical (unpaired) electrons. The minimum atomic E-state index is -0.104. The lowest BCUT2D eigenvalue weighted by Gasteiger charge is -2.33. The Morgan fingerprint density at radius 3 is 3.08 bits per heavy atom. The van der Waals surface area contributed by atoms with E-state index in [1.165, 1.54) is 0 Å². The lowest BCUT2D eigenvalue weighted by atomic mass is 9.75. The van der Waals surface area contributed by atoms with Crippen LogP contribution in [-0.2, 0) is 4.79 Å². The number of fused-ring (bicyclic) bond motifs is 1. The van der Waals surface area contributed by atoms with E-state index in [0.29, 0.717) is 11.8 Å². The molecule has 2 heterocycles. The number of rotatable bonds is 0. The predicted octanol–water partition coefficient (Wildman–Crippen LogP) is 0.0742. The summed E-state index contributed by atoms with van der Waals surface area (Å²) in [5.41, 5.74) is -0.104. The van der Waals surface area contributed by atoms with E-state index in [1.54, 1.807) is 0 Å². The zero-order chi connectivity index (χ0) is 8.77. The summed E-state index contributed by atoms with van der Waals surface area (Å²) in [4.78, 5) is 13.6. The number of hydrogen-bond acceptors (Lipinski definition) is 2. The Bertz CT molecular complexity index is 217. The molecule has 0 aliphatic carbocycles. The van der Waals surface area contributed by atoms with E-state index in [1.807, 2.05) is 11.9 Å². The van der Waals surface area contributed by atoms with Gasteiger partial charge in [0.2, 0.25) is 5.91 Å². The van der Waals surface area contributed by atoms with Crippen molar-refractivity contribution in [2.45, 2.75) is 13.3 Å². The molecule has 1 amide bonds. The molecule has 0 aromatic rings. The van der Waals surface area contributed by atoms with Gasteiger partial charge in [-0.2, -0.15) is 0 Å². The summed E-state index contributed by atoms with van der Waals surface area (Å²) in [5, 5.41) is 3.30. The highest BCUT2D eigenvalue weighted by atomic mass is 16.2. The first-order valence-corrected chi connectivity index (χ1v) is 4.61. The fraction of sp³-hybridized carbons (Fsp3) is 0.889. The maximum Gasteiger partial charge on any atom is 0.229 e. The summed E-state index contributed by atoms with van der Waals surface area (Å²) in [6, 6.07) is 0. The Morgan fingerprint density at radius 2 is 2.42 bits per heavy atom. The molecule has 2 fully saturated rings. The van der Waals surface area contributed by atoms with Gasteiger partial charge in [-0.1, -0.05) is 0 Å². The minimum Gasteiger partial charge on any atom is -0.345 e. The van der Waals surface area contributed by atoms with Gasteiger partial charge in [0, 0.05) is 20.1 Å². The molecule has 2 aliphatic heterocycles. The van der Waals surface area contributed by atoms with Gasteiger partial charge in [-0.05, 0) is 25.8 Å². The molecule has 0 spiro atoms. The van der Waals surface area contributed by atoms with Crippen molar-refractivity contribution in [3.63, 3.8) is 0 Å². The van der Waals surface area contributed by atoms with Crippen LogP contribution in [0.5, 0.6) is 0 Å². The van der Waals surface area contributed by atoms with Crippen LogP contribution in [-0.4, -0.2) is 37.5 Å². The van der Waals surface area contributed by atoms with Gasteiger partial charge < -0.3 is 10.2 Å². The van der Waals surface area contributed by atoms with Crippen LogP contribution in [0.3, 0.4) is 0 Å². The van der Waals surface area contributed by atoms with E-state index in [4.69, 9.17) is 0 Å². The van der Waals surface area contributed by atoms with Crippen LogP contribution in [0.1, 0.15) is 13.3 Å². The first-order valence-electron chi connectivity index (χ1n) is 4.61. The van der Waals surface area contributed by atoms with Gasteiger partial charge >= 0.3 is 0 Å². The zero-order valence-electron chi connectivity index (χ0n) is 7.76. The third kappa shape index (κ3) is 0.891. The van der Waals surface area contributed by atoms with Crippen molar-refractivity contribution >= 4 is 5.91 Å². The molecule has 0 aromatic carbocycles. The van der Waals surface area contributed by atoms with Gasteiger partial charge in [0.1, 0.15) is 0 Å². The molecule has 3 heteroatoms. The van der Waals surface area contributed by atoms with E-state index in [0.717, 1.165) is 26.1 Å². The number of likely N-dealkylation sites (tertiary alicyclic amines) is 1. The number of hydrogen-bond donors (Lipinski definition) is 1. The summed E-state index contributed by atoms with van der Waals surface area (Å²) in [5.74, 6) is 0.899. The van der Waals surface area contributed by atoms with Gasteiger partial charge in [-0.25, -0.2) is 0 Å². The maximum atomic E-state index is 11.7. The second-order valence-electron chi connectivity index (χ2n) is 4.27. The molecule has 2 unspecified atom stereocenters. The first-order chi connectivity index (χ1) is 5.64. The maximum absolute atomic E-state index is 11.7. The van der Waals surface area contributed by atoms with Crippen molar-refractivity contribution in [3.05, 3.63) is 0 Å². The highest BCUT2D eigenvalue weighted by molar-refractivity contribution is 5.85. The Morgan fingerprint density at radius 1 is 1.67 bits per heavy atom. The topological polar surface area (TPSA) is 32.3 Å². The second-order valence-corrected chi connectivity index (χ2v) is 4.27. The molecule has 3 nitrogen and oxygen atoms in total. The number of amides is 1. The van der Waals surface area contributed by atoms with E-state index in [2.05, 4.69) is 12.2 Å². The number of carbonyl (C=O) groups excluding carboxylic acids is 1. The molecule has 0 saturated carbocycles. The molecule has 2 rings (SSSR count). The summed E-state index contributed by atoms with van der Waals surface area (Å²) in [6.45, 7) is 4.98. The van der Waals surface area contributed by atoms with Crippen LogP contribution in [0, 0.1) is 11.3 Å². The second kappa shape index (κ2) is 2.46. The van der Waals surface area contributed by atoms with Gasteiger partial charge in [0.25, 0.3) is 0 Å².